The van der Waals surface area contributed by atoms with Gasteiger partial charge in [0, 0.05) is 11.6 Å². The van der Waals surface area contributed by atoms with Crippen molar-refractivity contribution in [3.05, 3.63) is 22.2 Å². The van der Waals surface area contributed by atoms with Gasteiger partial charge in [0.05, 0.1) is 12.1 Å². The molecule has 1 rings (SSSR count). The van der Waals surface area contributed by atoms with Crippen molar-refractivity contribution in [3.8, 4) is 5.75 Å². The van der Waals surface area contributed by atoms with Gasteiger partial charge in [0.25, 0.3) is 0 Å². The number of rotatable bonds is 5. The van der Waals surface area contributed by atoms with Crippen LogP contribution in [0.3, 0.4) is 0 Å². The van der Waals surface area contributed by atoms with Crippen molar-refractivity contribution >= 4 is 33.2 Å². The Labute approximate surface area is 117 Å². The maximum absolute atomic E-state index is 12.1. The van der Waals surface area contributed by atoms with E-state index in [0.717, 1.165) is 0 Å². The van der Waals surface area contributed by atoms with E-state index in [2.05, 4.69) is 4.72 Å². The average molecular weight is 312 g/mol. The molecule has 18 heavy (non-hydrogen) atoms. The molecule has 0 unspecified atom stereocenters. The van der Waals surface area contributed by atoms with Crippen LogP contribution in [0.4, 0.5) is 0 Å². The lowest BCUT2D eigenvalue weighted by Gasteiger charge is -2.13. The van der Waals surface area contributed by atoms with Crippen LogP contribution in [0.1, 0.15) is 13.8 Å². The van der Waals surface area contributed by atoms with Crippen molar-refractivity contribution in [3.63, 3.8) is 0 Å². The smallest absolute Gasteiger partial charge is 0.244 e. The lowest BCUT2D eigenvalue weighted by Crippen LogP contribution is -2.28. The fraction of sp³-hybridized carbons (Fsp3) is 0.455. The maximum atomic E-state index is 12.1. The topological polar surface area (TPSA) is 55.4 Å². The second kappa shape index (κ2) is 6.10. The molecule has 0 amide bonds. The Hall–Kier alpha value is -0.490. The number of methoxy groups -OCH3 is 1. The van der Waals surface area contributed by atoms with E-state index in [-0.39, 0.29) is 26.6 Å². The number of ether oxygens (including phenoxy) is 1. The number of hydrogen-bond acceptors (Lipinski definition) is 3. The van der Waals surface area contributed by atoms with Crippen molar-refractivity contribution in [1.29, 1.82) is 0 Å². The summed E-state index contributed by atoms with van der Waals surface area (Å²) in [5.74, 6) is 0.290. The molecule has 0 heterocycles. The van der Waals surface area contributed by atoms with Crippen molar-refractivity contribution < 1.29 is 13.2 Å². The highest BCUT2D eigenvalue weighted by Gasteiger charge is 2.22. The summed E-state index contributed by atoms with van der Waals surface area (Å²) in [6.07, 6.45) is 0. The predicted molar refractivity (Wildman–Crippen MR) is 73.0 cm³/mol. The first kappa shape index (κ1) is 15.6. The molecule has 0 atom stereocenters. The molecule has 0 radical (unpaired) electrons. The van der Waals surface area contributed by atoms with Crippen molar-refractivity contribution in [2.75, 3.05) is 13.7 Å². The molecule has 0 bridgehead atoms. The quantitative estimate of drug-likeness (QED) is 0.909. The summed E-state index contributed by atoms with van der Waals surface area (Å²) >= 11 is 11.7. The second-order valence-electron chi connectivity index (χ2n) is 4.16. The average Bonchev–Trinajstić information content (AvgIpc) is 2.25. The van der Waals surface area contributed by atoms with E-state index in [1.54, 1.807) is 0 Å². The Balaban J connectivity index is 3.23. The van der Waals surface area contributed by atoms with Gasteiger partial charge in [0.2, 0.25) is 10.0 Å². The minimum atomic E-state index is -3.69. The SMILES string of the molecule is COc1c(Cl)cc(Cl)cc1S(=O)(=O)NCC(C)C. The van der Waals surface area contributed by atoms with E-state index < -0.39 is 10.0 Å². The molecule has 1 aromatic rings. The zero-order valence-electron chi connectivity index (χ0n) is 10.3. The van der Waals surface area contributed by atoms with Gasteiger partial charge in [-0.25, -0.2) is 13.1 Å². The van der Waals surface area contributed by atoms with E-state index in [0.29, 0.717) is 6.54 Å². The first-order valence-electron chi connectivity index (χ1n) is 5.30. The summed E-state index contributed by atoms with van der Waals surface area (Å²) in [5, 5.41) is 0.403. The number of sulfonamides is 1. The molecule has 102 valence electrons. The van der Waals surface area contributed by atoms with Crippen LogP contribution in [0.25, 0.3) is 0 Å². The normalized spacial score (nSPS) is 11.9. The number of hydrogen-bond donors (Lipinski definition) is 1. The van der Waals surface area contributed by atoms with Crippen molar-refractivity contribution in [2.45, 2.75) is 18.7 Å². The minimum Gasteiger partial charge on any atom is -0.494 e. The molecule has 0 aliphatic rings. The zero-order chi connectivity index (χ0) is 13.9. The summed E-state index contributed by atoms with van der Waals surface area (Å²) in [7, 11) is -2.33. The molecular formula is C11H15Cl2NO3S. The molecule has 0 aromatic heterocycles. The Bertz CT molecular complexity index is 529. The minimum absolute atomic E-state index is 0.0526. The van der Waals surface area contributed by atoms with Crippen LogP contribution < -0.4 is 9.46 Å². The van der Waals surface area contributed by atoms with Gasteiger partial charge in [-0.1, -0.05) is 37.0 Å². The molecule has 1 aromatic carbocycles. The summed E-state index contributed by atoms with van der Waals surface area (Å²) in [6, 6.07) is 2.75. The van der Waals surface area contributed by atoms with E-state index in [4.69, 9.17) is 27.9 Å². The first-order chi connectivity index (χ1) is 8.27. The van der Waals surface area contributed by atoms with Gasteiger partial charge < -0.3 is 4.74 Å². The van der Waals surface area contributed by atoms with Gasteiger partial charge in [-0.2, -0.15) is 0 Å². The highest BCUT2D eigenvalue weighted by Crippen LogP contribution is 2.34. The lowest BCUT2D eigenvalue weighted by molar-refractivity contribution is 0.402. The summed E-state index contributed by atoms with van der Waals surface area (Å²) < 4.78 is 31.7. The van der Waals surface area contributed by atoms with Crippen LogP contribution in [0.2, 0.25) is 10.0 Å². The molecular weight excluding hydrogens is 297 g/mol. The van der Waals surface area contributed by atoms with E-state index >= 15 is 0 Å². The summed E-state index contributed by atoms with van der Waals surface area (Å²) in [5.41, 5.74) is 0. The van der Waals surface area contributed by atoms with Crippen LogP contribution in [0.5, 0.6) is 5.75 Å². The van der Waals surface area contributed by atoms with Gasteiger partial charge in [0.15, 0.2) is 5.75 Å². The van der Waals surface area contributed by atoms with E-state index in [9.17, 15) is 8.42 Å². The second-order valence-corrected chi connectivity index (χ2v) is 6.74. The lowest BCUT2D eigenvalue weighted by atomic mass is 10.2. The molecule has 0 spiro atoms. The first-order valence-corrected chi connectivity index (χ1v) is 7.54. The van der Waals surface area contributed by atoms with Gasteiger partial charge in [-0.3, -0.25) is 0 Å². The van der Waals surface area contributed by atoms with Crippen LogP contribution >= 0.6 is 23.2 Å². The highest BCUT2D eigenvalue weighted by atomic mass is 35.5. The third kappa shape index (κ3) is 3.75. The van der Waals surface area contributed by atoms with Gasteiger partial charge >= 0.3 is 0 Å². The fourth-order valence-electron chi connectivity index (χ4n) is 1.29. The Morgan fingerprint density at radius 1 is 1.33 bits per heavy atom. The summed E-state index contributed by atoms with van der Waals surface area (Å²) in [4.78, 5) is -0.0526. The predicted octanol–water partition coefficient (Wildman–Crippen LogP) is 2.94. The highest BCUT2D eigenvalue weighted by molar-refractivity contribution is 7.89. The third-order valence-electron chi connectivity index (χ3n) is 2.15. The molecule has 4 nitrogen and oxygen atoms in total. The van der Waals surface area contributed by atoms with Gasteiger partial charge in [-0.15, -0.1) is 0 Å². The van der Waals surface area contributed by atoms with Crippen LogP contribution in [0, 0.1) is 5.92 Å². The molecule has 0 saturated carbocycles. The number of halogens is 2. The van der Waals surface area contributed by atoms with E-state index in [1.165, 1.54) is 19.2 Å². The summed E-state index contributed by atoms with van der Waals surface area (Å²) in [6.45, 7) is 4.14. The van der Waals surface area contributed by atoms with Crippen molar-refractivity contribution in [1.82, 2.24) is 4.72 Å². The van der Waals surface area contributed by atoms with E-state index in [1.807, 2.05) is 13.8 Å². The van der Waals surface area contributed by atoms with Crippen molar-refractivity contribution in [2.24, 2.45) is 5.92 Å². The standard InChI is InChI=1S/C11H15Cl2NO3S/c1-7(2)6-14-18(15,16)10-5-8(12)4-9(13)11(10)17-3/h4-5,7,14H,6H2,1-3H3. The number of nitrogens with one attached hydrogen (secondary N) is 1. The molecule has 0 saturated heterocycles. The molecule has 0 aliphatic carbocycles. The maximum Gasteiger partial charge on any atom is 0.244 e. The van der Waals surface area contributed by atoms with Crippen LogP contribution in [-0.4, -0.2) is 22.1 Å². The molecule has 0 aliphatic heterocycles. The largest absolute Gasteiger partial charge is 0.494 e. The Morgan fingerprint density at radius 3 is 2.44 bits per heavy atom. The Kier molecular flexibility index (Phi) is 5.28. The fourth-order valence-corrected chi connectivity index (χ4v) is 3.41. The Morgan fingerprint density at radius 2 is 1.94 bits per heavy atom. The number of benzene rings is 1. The van der Waals surface area contributed by atoms with Crippen LogP contribution in [0.15, 0.2) is 17.0 Å². The molecule has 7 heteroatoms. The van der Waals surface area contributed by atoms with Gasteiger partial charge in [0.1, 0.15) is 4.90 Å². The monoisotopic (exact) mass is 311 g/mol. The van der Waals surface area contributed by atoms with Gasteiger partial charge in [-0.05, 0) is 18.1 Å². The third-order valence-corrected chi connectivity index (χ3v) is 4.08. The van der Waals surface area contributed by atoms with Crippen LogP contribution in [-0.2, 0) is 10.0 Å². The molecule has 0 fully saturated rings. The molecule has 1 N–H and O–H groups in total. The zero-order valence-corrected chi connectivity index (χ0v) is 12.7.